The molecule has 0 radical (unpaired) electrons. The number of nitrogens with zero attached hydrogens (tertiary/aromatic N) is 5. The molecule has 128 valence electrons. The first-order valence-corrected chi connectivity index (χ1v) is 8.86. The lowest BCUT2D eigenvalue weighted by atomic mass is 9.98. The number of morpholine rings is 1. The van der Waals surface area contributed by atoms with E-state index >= 15 is 0 Å². The molecular weight excluding hydrogens is 290 g/mol. The first kappa shape index (κ1) is 16.6. The molecule has 1 aromatic rings. The number of rotatable bonds is 6. The molecular formula is C17H29N5O. The van der Waals surface area contributed by atoms with Crippen molar-refractivity contribution in [2.45, 2.75) is 32.9 Å². The Hall–Kier alpha value is -1.24. The van der Waals surface area contributed by atoms with Gasteiger partial charge in [-0.1, -0.05) is 17.4 Å². The van der Waals surface area contributed by atoms with Gasteiger partial charge in [0.25, 0.3) is 0 Å². The Bertz CT molecular complexity index is 495. The van der Waals surface area contributed by atoms with Gasteiger partial charge in [-0.3, -0.25) is 14.5 Å². The minimum absolute atomic E-state index is 0.687. The van der Waals surface area contributed by atoms with E-state index in [1.54, 1.807) is 0 Å². The number of piperidine rings is 1. The number of hydrogen-bond acceptors (Lipinski definition) is 5. The normalized spacial score (nSPS) is 24.5. The highest BCUT2D eigenvalue weighted by Gasteiger charge is 2.20. The molecule has 1 aromatic heterocycles. The predicted octanol–water partition coefficient (Wildman–Crippen LogP) is 1.40. The number of hydrogen-bond donors (Lipinski definition) is 0. The highest BCUT2D eigenvalue weighted by Crippen LogP contribution is 2.18. The fourth-order valence-electron chi connectivity index (χ4n) is 3.47. The van der Waals surface area contributed by atoms with Crippen molar-refractivity contribution in [3.63, 3.8) is 0 Å². The van der Waals surface area contributed by atoms with Gasteiger partial charge in [0.2, 0.25) is 0 Å². The molecule has 3 rings (SSSR count). The Balaban J connectivity index is 1.48. The largest absolute Gasteiger partial charge is 0.379 e. The van der Waals surface area contributed by atoms with Gasteiger partial charge in [-0.25, -0.2) is 0 Å². The van der Waals surface area contributed by atoms with Crippen LogP contribution in [-0.4, -0.2) is 70.7 Å². The summed E-state index contributed by atoms with van der Waals surface area (Å²) < 4.78 is 7.43. The zero-order valence-electron chi connectivity index (χ0n) is 14.2. The molecule has 0 amide bonds. The Kier molecular flexibility index (Phi) is 6.19. The average molecular weight is 319 g/mol. The summed E-state index contributed by atoms with van der Waals surface area (Å²) >= 11 is 0. The molecule has 6 nitrogen and oxygen atoms in total. The van der Waals surface area contributed by atoms with Gasteiger partial charge in [0.15, 0.2) is 0 Å². The summed E-state index contributed by atoms with van der Waals surface area (Å²) in [6.07, 6.45) is 9.10. The van der Waals surface area contributed by atoms with E-state index in [4.69, 9.17) is 4.74 Å². The quantitative estimate of drug-likeness (QED) is 0.742. The summed E-state index contributed by atoms with van der Waals surface area (Å²) in [5, 5.41) is 8.69. The first-order chi connectivity index (χ1) is 11.3. The second kappa shape index (κ2) is 8.57. The van der Waals surface area contributed by atoms with Crippen molar-refractivity contribution in [2.24, 2.45) is 5.92 Å². The molecule has 2 saturated heterocycles. The van der Waals surface area contributed by atoms with Crippen molar-refractivity contribution < 1.29 is 4.74 Å². The van der Waals surface area contributed by atoms with Crippen LogP contribution < -0.4 is 0 Å². The van der Waals surface area contributed by atoms with Crippen molar-refractivity contribution in [3.8, 4) is 0 Å². The molecule has 2 aliphatic heterocycles. The monoisotopic (exact) mass is 319 g/mol. The molecule has 0 N–H and O–H groups in total. The maximum absolute atomic E-state index is 5.39. The Labute approximate surface area is 139 Å². The molecule has 0 bridgehead atoms. The van der Waals surface area contributed by atoms with Crippen LogP contribution in [0.5, 0.6) is 0 Å². The number of allylic oxidation sites excluding steroid dienone is 1. The first-order valence-electron chi connectivity index (χ1n) is 8.86. The standard InChI is InChI=1S/C17H29N5O/c1-2-3-6-20-7-4-5-16(12-20)13-22-15-17(18-19-22)14-21-8-10-23-11-9-21/h2-3,15-16H,4-14H2,1H3. The van der Waals surface area contributed by atoms with Crippen molar-refractivity contribution in [3.05, 3.63) is 24.0 Å². The van der Waals surface area contributed by atoms with Gasteiger partial charge in [0, 0.05) is 45.5 Å². The molecule has 0 aliphatic carbocycles. The van der Waals surface area contributed by atoms with Gasteiger partial charge >= 0.3 is 0 Å². The number of likely N-dealkylation sites (tertiary alicyclic amines) is 1. The lowest BCUT2D eigenvalue weighted by Crippen LogP contribution is -2.37. The van der Waals surface area contributed by atoms with Crippen LogP contribution in [0.15, 0.2) is 18.3 Å². The lowest BCUT2D eigenvalue weighted by Gasteiger charge is -2.31. The summed E-state index contributed by atoms with van der Waals surface area (Å²) in [7, 11) is 0. The number of aromatic nitrogens is 3. The topological polar surface area (TPSA) is 46.4 Å². The summed E-state index contributed by atoms with van der Waals surface area (Å²) in [4.78, 5) is 4.93. The van der Waals surface area contributed by atoms with Gasteiger partial charge < -0.3 is 4.74 Å². The number of ether oxygens (including phenoxy) is 1. The Morgan fingerprint density at radius 2 is 2.13 bits per heavy atom. The SMILES string of the molecule is CC=CCN1CCCC(Cn2cc(CN3CCOCC3)nn2)C1. The van der Waals surface area contributed by atoms with Crippen LogP contribution in [0.1, 0.15) is 25.5 Å². The van der Waals surface area contributed by atoms with Crippen LogP contribution in [0.25, 0.3) is 0 Å². The van der Waals surface area contributed by atoms with E-state index in [0.29, 0.717) is 5.92 Å². The van der Waals surface area contributed by atoms with Crippen LogP contribution >= 0.6 is 0 Å². The molecule has 1 unspecified atom stereocenters. The van der Waals surface area contributed by atoms with Crippen LogP contribution in [0.3, 0.4) is 0 Å². The Morgan fingerprint density at radius 3 is 2.96 bits per heavy atom. The molecule has 1 atom stereocenters. The molecule has 0 saturated carbocycles. The van der Waals surface area contributed by atoms with Crippen molar-refractivity contribution in [1.82, 2.24) is 24.8 Å². The van der Waals surface area contributed by atoms with Gasteiger partial charge in [-0.05, 0) is 32.2 Å². The van der Waals surface area contributed by atoms with E-state index in [9.17, 15) is 0 Å². The average Bonchev–Trinajstić information content (AvgIpc) is 3.01. The van der Waals surface area contributed by atoms with Gasteiger partial charge in [-0.2, -0.15) is 0 Å². The van der Waals surface area contributed by atoms with E-state index in [-0.39, 0.29) is 0 Å². The predicted molar refractivity (Wildman–Crippen MR) is 90.1 cm³/mol. The van der Waals surface area contributed by atoms with Crippen LogP contribution in [0.2, 0.25) is 0 Å². The van der Waals surface area contributed by atoms with Gasteiger partial charge in [0.05, 0.1) is 18.9 Å². The van der Waals surface area contributed by atoms with E-state index in [1.807, 2.05) is 4.68 Å². The third kappa shape index (κ3) is 5.12. The fraction of sp³-hybridized carbons (Fsp3) is 0.765. The lowest BCUT2D eigenvalue weighted by molar-refractivity contribution is 0.0336. The Morgan fingerprint density at radius 1 is 1.26 bits per heavy atom. The second-order valence-electron chi connectivity index (χ2n) is 6.66. The van der Waals surface area contributed by atoms with Crippen LogP contribution in [-0.2, 0) is 17.8 Å². The molecule has 0 spiro atoms. The van der Waals surface area contributed by atoms with Crippen molar-refractivity contribution in [2.75, 3.05) is 45.9 Å². The summed E-state index contributed by atoms with van der Waals surface area (Å²) in [6.45, 7) is 11.1. The van der Waals surface area contributed by atoms with Gasteiger partial charge in [-0.15, -0.1) is 5.10 Å². The molecule has 2 fully saturated rings. The van der Waals surface area contributed by atoms with E-state index in [1.165, 1.54) is 25.9 Å². The molecule has 2 aliphatic rings. The maximum atomic E-state index is 5.39. The van der Waals surface area contributed by atoms with E-state index in [2.05, 4.69) is 45.4 Å². The summed E-state index contributed by atoms with van der Waals surface area (Å²) in [6, 6.07) is 0. The zero-order chi connectivity index (χ0) is 15.9. The summed E-state index contributed by atoms with van der Waals surface area (Å²) in [5.74, 6) is 0.687. The van der Waals surface area contributed by atoms with Crippen LogP contribution in [0, 0.1) is 5.92 Å². The highest BCUT2D eigenvalue weighted by molar-refractivity contribution is 4.93. The highest BCUT2D eigenvalue weighted by atomic mass is 16.5. The van der Waals surface area contributed by atoms with Crippen molar-refractivity contribution >= 4 is 0 Å². The van der Waals surface area contributed by atoms with Gasteiger partial charge in [0.1, 0.15) is 0 Å². The molecule has 0 aromatic carbocycles. The fourth-order valence-corrected chi connectivity index (χ4v) is 3.47. The van der Waals surface area contributed by atoms with Crippen molar-refractivity contribution in [1.29, 1.82) is 0 Å². The molecule has 3 heterocycles. The third-order valence-corrected chi connectivity index (χ3v) is 4.72. The minimum atomic E-state index is 0.687. The molecule has 6 heteroatoms. The smallest absolute Gasteiger partial charge is 0.0967 e. The van der Waals surface area contributed by atoms with E-state index in [0.717, 1.165) is 51.6 Å². The zero-order valence-corrected chi connectivity index (χ0v) is 14.2. The summed E-state index contributed by atoms with van der Waals surface area (Å²) in [5.41, 5.74) is 1.08. The third-order valence-electron chi connectivity index (χ3n) is 4.72. The van der Waals surface area contributed by atoms with Crippen LogP contribution in [0.4, 0.5) is 0 Å². The second-order valence-corrected chi connectivity index (χ2v) is 6.66. The molecule has 23 heavy (non-hydrogen) atoms. The van der Waals surface area contributed by atoms with E-state index < -0.39 is 0 Å². The maximum Gasteiger partial charge on any atom is 0.0967 e. The minimum Gasteiger partial charge on any atom is -0.379 e.